The smallest absolute Gasteiger partial charge is 0.0874 e. The highest BCUT2D eigenvalue weighted by Crippen LogP contribution is 2.21. The zero-order chi connectivity index (χ0) is 16.6. The lowest BCUT2D eigenvalue weighted by Gasteiger charge is -2.14. The average molecular weight is 313 g/mol. The second-order valence-corrected chi connectivity index (χ2v) is 5.38. The predicted molar refractivity (Wildman–Crippen MR) is 100.0 cm³/mol. The molecule has 0 fully saturated rings. The minimum atomic E-state index is 0.823. The molecule has 3 rings (SSSR count). The third-order valence-corrected chi connectivity index (χ3v) is 3.58. The molecule has 0 atom stereocenters. The number of rotatable bonds is 5. The monoisotopic (exact) mass is 313 g/mol. The van der Waals surface area contributed by atoms with Crippen molar-refractivity contribution >= 4 is 16.9 Å². The van der Waals surface area contributed by atoms with E-state index in [0.29, 0.717) is 0 Å². The fraction of sp³-hybridized carbons (Fsp3) is 0.0476. The third kappa shape index (κ3) is 4.17. The zero-order valence-corrected chi connectivity index (χ0v) is 13.6. The molecule has 0 aliphatic carbocycles. The van der Waals surface area contributed by atoms with Crippen LogP contribution in [0.15, 0.2) is 108 Å². The Hall–Kier alpha value is -3.20. The third-order valence-electron chi connectivity index (χ3n) is 3.58. The lowest BCUT2D eigenvalue weighted by molar-refractivity contribution is 0.966. The van der Waals surface area contributed by atoms with E-state index >= 15 is 0 Å². The van der Waals surface area contributed by atoms with Crippen LogP contribution in [0.2, 0.25) is 0 Å². The molecular formula is C21H19N3. The van der Waals surface area contributed by atoms with Crippen molar-refractivity contribution in [3.63, 3.8) is 0 Å². The molecular weight excluding hydrogens is 294 g/mol. The van der Waals surface area contributed by atoms with Crippen LogP contribution in [0.3, 0.4) is 0 Å². The number of benzene rings is 3. The van der Waals surface area contributed by atoms with Crippen molar-refractivity contribution in [1.82, 2.24) is 0 Å². The lowest BCUT2D eigenvalue weighted by atomic mass is 10.1. The topological polar surface area (TPSA) is 28.0 Å². The van der Waals surface area contributed by atoms with Crippen LogP contribution in [-0.2, 0) is 0 Å². The molecule has 0 unspecified atom stereocenters. The van der Waals surface area contributed by atoms with Crippen molar-refractivity contribution in [1.29, 1.82) is 0 Å². The maximum Gasteiger partial charge on any atom is 0.0874 e. The Bertz CT molecular complexity index is 809. The molecule has 24 heavy (non-hydrogen) atoms. The highest BCUT2D eigenvalue weighted by atomic mass is 15.5. The molecule has 0 saturated carbocycles. The van der Waals surface area contributed by atoms with E-state index in [-0.39, 0.29) is 0 Å². The van der Waals surface area contributed by atoms with E-state index in [1.807, 2.05) is 85.1 Å². The van der Waals surface area contributed by atoms with Gasteiger partial charge in [-0.3, -0.25) is 0 Å². The van der Waals surface area contributed by atoms with Gasteiger partial charge in [-0.25, -0.2) is 5.01 Å². The fourth-order valence-corrected chi connectivity index (χ4v) is 2.29. The van der Waals surface area contributed by atoms with Crippen molar-refractivity contribution in [3.05, 3.63) is 103 Å². The number of hydrogen-bond donors (Lipinski definition) is 0. The molecule has 0 spiro atoms. The van der Waals surface area contributed by atoms with E-state index in [1.54, 1.807) is 5.01 Å². The van der Waals surface area contributed by atoms with Crippen LogP contribution in [0.4, 0.5) is 11.4 Å². The van der Waals surface area contributed by atoms with E-state index in [1.165, 1.54) is 0 Å². The molecule has 0 saturated heterocycles. The summed E-state index contributed by atoms with van der Waals surface area (Å²) in [6.45, 7) is 2.07. The highest BCUT2D eigenvalue weighted by molar-refractivity contribution is 5.67. The standard InChI is InChI=1S/C21H19N3/c1-18(19-11-5-2-6-12-19)17-24(21-15-9-4-10-16-21)23-22-20-13-7-3-8-14-20/h2-17H,1H3/b18-17+,23-22+. The van der Waals surface area contributed by atoms with Gasteiger partial charge >= 0.3 is 0 Å². The number of nitrogens with zero attached hydrogens (tertiary/aromatic N) is 3. The average Bonchev–Trinajstić information content (AvgIpc) is 2.67. The quantitative estimate of drug-likeness (QED) is 0.404. The Labute approximate surface area is 142 Å². The first-order valence-corrected chi connectivity index (χ1v) is 7.88. The number of hydrogen-bond acceptors (Lipinski definition) is 2. The van der Waals surface area contributed by atoms with E-state index in [4.69, 9.17) is 0 Å². The van der Waals surface area contributed by atoms with Crippen molar-refractivity contribution in [2.24, 2.45) is 10.3 Å². The summed E-state index contributed by atoms with van der Waals surface area (Å²) in [6.07, 6.45) is 2.00. The molecule has 3 aromatic carbocycles. The molecule has 0 radical (unpaired) electrons. The molecule has 3 aromatic rings. The van der Waals surface area contributed by atoms with Crippen molar-refractivity contribution in [2.75, 3.05) is 5.01 Å². The van der Waals surface area contributed by atoms with E-state index < -0.39 is 0 Å². The minimum absolute atomic E-state index is 0.823. The molecule has 0 N–H and O–H groups in total. The van der Waals surface area contributed by atoms with Crippen LogP contribution < -0.4 is 5.01 Å². The fourth-order valence-electron chi connectivity index (χ4n) is 2.29. The van der Waals surface area contributed by atoms with Gasteiger partial charge in [0.1, 0.15) is 0 Å². The minimum Gasteiger partial charge on any atom is -0.222 e. The maximum atomic E-state index is 4.41. The van der Waals surface area contributed by atoms with Gasteiger partial charge in [0.15, 0.2) is 0 Å². The lowest BCUT2D eigenvalue weighted by Crippen LogP contribution is -2.07. The van der Waals surface area contributed by atoms with Crippen molar-refractivity contribution < 1.29 is 0 Å². The van der Waals surface area contributed by atoms with Crippen LogP contribution in [0, 0.1) is 0 Å². The van der Waals surface area contributed by atoms with Gasteiger partial charge in [-0.15, -0.1) is 5.11 Å². The van der Waals surface area contributed by atoms with Crippen LogP contribution >= 0.6 is 0 Å². The normalized spacial score (nSPS) is 11.6. The number of allylic oxidation sites excluding steroid dienone is 1. The highest BCUT2D eigenvalue weighted by Gasteiger charge is 2.04. The van der Waals surface area contributed by atoms with Gasteiger partial charge < -0.3 is 0 Å². The molecule has 3 heteroatoms. The van der Waals surface area contributed by atoms with Gasteiger partial charge in [0.05, 0.1) is 11.4 Å². The summed E-state index contributed by atoms with van der Waals surface area (Å²) in [5.41, 5.74) is 4.07. The van der Waals surface area contributed by atoms with Gasteiger partial charge in [0, 0.05) is 6.20 Å². The Morgan fingerprint density at radius 1 is 0.750 bits per heavy atom. The van der Waals surface area contributed by atoms with Crippen LogP contribution in [0.25, 0.3) is 5.57 Å². The largest absolute Gasteiger partial charge is 0.222 e. The van der Waals surface area contributed by atoms with Crippen LogP contribution in [0.1, 0.15) is 12.5 Å². The van der Waals surface area contributed by atoms with E-state index in [9.17, 15) is 0 Å². The summed E-state index contributed by atoms with van der Waals surface area (Å²) in [4.78, 5) is 0. The van der Waals surface area contributed by atoms with Crippen molar-refractivity contribution in [3.8, 4) is 0 Å². The Morgan fingerprint density at radius 3 is 1.92 bits per heavy atom. The molecule has 0 aliphatic heterocycles. The maximum absolute atomic E-state index is 4.41. The van der Waals surface area contributed by atoms with E-state index in [2.05, 4.69) is 29.4 Å². The Balaban J connectivity index is 1.92. The number of anilines is 1. The van der Waals surface area contributed by atoms with Crippen LogP contribution in [0.5, 0.6) is 0 Å². The summed E-state index contributed by atoms with van der Waals surface area (Å²) in [7, 11) is 0. The Morgan fingerprint density at radius 2 is 1.29 bits per heavy atom. The van der Waals surface area contributed by atoms with Gasteiger partial charge in [-0.1, -0.05) is 72.0 Å². The first-order chi connectivity index (χ1) is 11.8. The van der Waals surface area contributed by atoms with Gasteiger partial charge in [0.2, 0.25) is 0 Å². The second-order valence-electron chi connectivity index (χ2n) is 5.38. The SMILES string of the molecule is C/C(=C\N(/N=N/c1ccccc1)c1ccccc1)c1ccccc1. The summed E-state index contributed by atoms with van der Waals surface area (Å²) >= 11 is 0. The molecule has 0 heterocycles. The first kappa shape index (κ1) is 15.7. The summed E-state index contributed by atoms with van der Waals surface area (Å²) in [6, 6.07) is 30.0. The second kappa shape index (κ2) is 7.88. The zero-order valence-electron chi connectivity index (χ0n) is 13.6. The first-order valence-electron chi connectivity index (χ1n) is 7.88. The van der Waals surface area contributed by atoms with Gasteiger partial charge in [-0.05, 0) is 42.3 Å². The van der Waals surface area contributed by atoms with Crippen LogP contribution in [-0.4, -0.2) is 0 Å². The van der Waals surface area contributed by atoms with E-state index in [0.717, 1.165) is 22.5 Å². The van der Waals surface area contributed by atoms with Gasteiger partial charge in [-0.2, -0.15) is 0 Å². The van der Waals surface area contributed by atoms with Gasteiger partial charge in [0.25, 0.3) is 0 Å². The Kier molecular flexibility index (Phi) is 5.15. The molecule has 0 bridgehead atoms. The predicted octanol–water partition coefficient (Wildman–Crippen LogP) is 6.25. The summed E-state index contributed by atoms with van der Waals surface area (Å²) < 4.78 is 0. The molecule has 0 amide bonds. The molecule has 3 nitrogen and oxygen atoms in total. The summed E-state index contributed by atoms with van der Waals surface area (Å²) in [5, 5.41) is 10.5. The molecule has 0 aliphatic rings. The molecule has 118 valence electrons. The molecule has 0 aromatic heterocycles. The summed E-state index contributed by atoms with van der Waals surface area (Å²) in [5.74, 6) is 0. The van der Waals surface area contributed by atoms with Crippen molar-refractivity contribution in [2.45, 2.75) is 6.92 Å². The number of para-hydroxylation sites is 1.